The maximum absolute atomic E-state index is 5.41. The highest BCUT2D eigenvalue weighted by molar-refractivity contribution is 7.11. The standard InChI is InChI=1S/C20H23N3O2S/c1-13-5-4-8-23(12-13)20-19-16(22-26-20)9-15(11-21-19)14-6-7-17(24-2)18(10-14)25-3/h6-7,9-11,13H,4-5,8,12H2,1-3H3. The first-order valence-electron chi connectivity index (χ1n) is 8.92. The van der Waals surface area contributed by atoms with Crippen LogP contribution in [-0.2, 0) is 0 Å². The average Bonchev–Trinajstić information content (AvgIpc) is 3.10. The normalized spacial score (nSPS) is 17.5. The third-order valence-corrected chi connectivity index (χ3v) is 5.87. The van der Waals surface area contributed by atoms with Crippen molar-refractivity contribution in [2.45, 2.75) is 19.8 Å². The van der Waals surface area contributed by atoms with Crippen LogP contribution in [0.15, 0.2) is 30.5 Å². The lowest BCUT2D eigenvalue weighted by molar-refractivity contribution is 0.355. The van der Waals surface area contributed by atoms with Gasteiger partial charge in [0.25, 0.3) is 0 Å². The molecule has 26 heavy (non-hydrogen) atoms. The second-order valence-corrected chi connectivity index (χ2v) is 7.59. The van der Waals surface area contributed by atoms with Gasteiger partial charge in [0.05, 0.1) is 14.2 Å². The van der Waals surface area contributed by atoms with Crippen LogP contribution in [-0.4, -0.2) is 36.7 Å². The molecule has 136 valence electrons. The predicted octanol–water partition coefficient (Wildman–Crippen LogP) is 4.61. The summed E-state index contributed by atoms with van der Waals surface area (Å²) in [6, 6.07) is 8.02. The third-order valence-electron chi connectivity index (χ3n) is 4.96. The molecule has 2 aromatic heterocycles. The zero-order chi connectivity index (χ0) is 18.1. The largest absolute Gasteiger partial charge is 0.493 e. The minimum absolute atomic E-state index is 0.714. The smallest absolute Gasteiger partial charge is 0.161 e. The van der Waals surface area contributed by atoms with Crippen LogP contribution in [0.4, 0.5) is 5.00 Å². The lowest BCUT2D eigenvalue weighted by Gasteiger charge is -2.31. The highest BCUT2D eigenvalue weighted by Crippen LogP contribution is 2.36. The van der Waals surface area contributed by atoms with E-state index in [2.05, 4.69) is 22.3 Å². The van der Waals surface area contributed by atoms with Gasteiger partial charge < -0.3 is 14.4 Å². The molecule has 4 rings (SSSR count). The maximum atomic E-state index is 5.41. The van der Waals surface area contributed by atoms with Crippen LogP contribution in [0.5, 0.6) is 11.5 Å². The Morgan fingerprint density at radius 2 is 1.96 bits per heavy atom. The number of methoxy groups -OCH3 is 2. The minimum atomic E-state index is 0.714. The van der Waals surface area contributed by atoms with Crippen LogP contribution >= 0.6 is 11.5 Å². The van der Waals surface area contributed by atoms with Gasteiger partial charge >= 0.3 is 0 Å². The molecule has 1 unspecified atom stereocenters. The first-order chi connectivity index (χ1) is 12.7. The van der Waals surface area contributed by atoms with Crippen LogP contribution in [0.1, 0.15) is 19.8 Å². The van der Waals surface area contributed by atoms with E-state index in [4.69, 9.17) is 14.5 Å². The molecular weight excluding hydrogens is 346 g/mol. The zero-order valence-electron chi connectivity index (χ0n) is 15.4. The fourth-order valence-electron chi connectivity index (χ4n) is 3.58. The summed E-state index contributed by atoms with van der Waals surface area (Å²) in [5.41, 5.74) is 4.03. The molecule has 1 fully saturated rings. The molecule has 0 N–H and O–H groups in total. The fourth-order valence-corrected chi connectivity index (χ4v) is 4.43. The van der Waals surface area contributed by atoms with Crippen LogP contribution in [0.2, 0.25) is 0 Å². The number of piperidine rings is 1. The van der Waals surface area contributed by atoms with Gasteiger partial charge in [0.15, 0.2) is 11.5 Å². The summed E-state index contributed by atoms with van der Waals surface area (Å²) in [4.78, 5) is 7.19. The Balaban J connectivity index is 1.69. The topological polar surface area (TPSA) is 47.5 Å². The molecule has 0 aliphatic carbocycles. The van der Waals surface area contributed by atoms with E-state index in [1.165, 1.54) is 17.8 Å². The molecule has 3 aromatic rings. The Hall–Kier alpha value is -2.34. The Labute approximate surface area is 157 Å². The average molecular weight is 369 g/mol. The summed E-state index contributed by atoms with van der Waals surface area (Å²) in [5, 5.41) is 1.20. The van der Waals surface area contributed by atoms with Gasteiger partial charge in [-0.15, -0.1) is 0 Å². The molecule has 6 heteroatoms. The predicted molar refractivity (Wildman–Crippen MR) is 107 cm³/mol. The van der Waals surface area contributed by atoms with Crippen LogP contribution in [0, 0.1) is 5.92 Å². The van der Waals surface area contributed by atoms with Crippen LogP contribution in [0.25, 0.3) is 22.2 Å². The van der Waals surface area contributed by atoms with Gasteiger partial charge in [-0.1, -0.05) is 13.0 Å². The van der Waals surface area contributed by atoms with E-state index in [9.17, 15) is 0 Å². The fraction of sp³-hybridized carbons (Fsp3) is 0.400. The zero-order valence-corrected chi connectivity index (χ0v) is 16.2. The van der Waals surface area contributed by atoms with E-state index < -0.39 is 0 Å². The minimum Gasteiger partial charge on any atom is -0.493 e. The van der Waals surface area contributed by atoms with Crippen molar-refractivity contribution in [2.24, 2.45) is 5.92 Å². The van der Waals surface area contributed by atoms with Crippen molar-refractivity contribution in [1.29, 1.82) is 0 Å². The van der Waals surface area contributed by atoms with Gasteiger partial charge in [-0.25, -0.2) is 0 Å². The van der Waals surface area contributed by atoms with Gasteiger partial charge in [-0.2, -0.15) is 4.37 Å². The molecule has 1 aliphatic rings. The van der Waals surface area contributed by atoms with Gasteiger partial charge in [0, 0.05) is 24.8 Å². The van der Waals surface area contributed by atoms with Crippen molar-refractivity contribution in [3.05, 3.63) is 30.5 Å². The summed E-state index contributed by atoms with van der Waals surface area (Å²) in [6.45, 7) is 4.51. The van der Waals surface area contributed by atoms with Crippen molar-refractivity contribution >= 4 is 27.6 Å². The monoisotopic (exact) mass is 369 g/mol. The molecule has 0 radical (unpaired) electrons. The highest BCUT2D eigenvalue weighted by atomic mass is 32.1. The second-order valence-electron chi connectivity index (χ2n) is 6.84. The highest BCUT2D eigenvalue weighted by Gasteiger charge is 2.21. The SMILES string of the molecule is COc1ccc(-c2cnc3c(N4CCCC(C)C4)snc3c2)cc1OC. The number of hydrogen-bond donors (Lipinski definition) is 0. The quantitative estimate of drug-likeness (QED) is 0.672. The molecule has 1 saturated heterocycles. The van der Waals surface area contributed by atoms with Crippen molar-refractivity contribution in [3.8, 4) is 22.6 Å². The molecule has 0 spiro atoms. The van der Waals surface area contributed by atoms with Gasteiger partial charge in [-0.05, 0) is 54.1 Å². The summed E-state index contributed by atoms with van der Waals surface area (Å²) < 4.78 is 15.4. The molecule has 0 amide bonds. The Morgan fingerprint density at radius 1 is 1.12 bits per heavy atom. The lowest BCUT2D eigenvalue weighted by atomic mass is 10.0. The molecule has 1 atom stereocenters. The molecule has 5 nitrogen and oxygen atoms in total. The van der Waals surface area contributed by atoms with E-state index in [0.29, 0.717) is 5.75 Å². The second kappa shape index (κ2) is 7.11. The van der Waals surface area contributed by atoms with E-state index in [-0.39, 0.29) is 0 Å². The van der Waals surface area contributed by atoms with Crippen molar-refractivity contribution in [1.82, 2.24) is 9.36 Å². The molecule has 0 bridgehead atoms. The molecule has 1 aromatic carbocycles. The van der Waals surface area contributed by atoms with E-state index in [1.54, 1.807) is 25.8 Å². The molecule has 1 aliphatic heterocycles. The third kappa shape index (κ3) is 3.09. The number of nitrogens with zero attached hydrogens (tertiary/aromatic N) is 3. The van der Waals surface area contributed by atoms with Crippen LogP contribution in [0.3, 0.4) is 0 Å². The number of aromatic nitrogens is 2. The number of fused-ring (bicyclic) bond motifs is 1. The van der Waals surface area contributed by atoms with E-state index >= 15 is 0 Å². The number of anilines is 1. The van der Waals surface area contributed by atoms with Gasteiger partial charge in [0.2, 0.25) is 0 Å². The maximum Gasteiger partial charge on any atom is 0.161 e. The van der Waals surface area contributed by atoms with Gasteiger partial charge in [-0.3, -0.25) is 4.98 Å². The summed E-state index contributed by atoms with van der Waals surface area (Å²) in [7, 11) is 3.29. The van der Waals surface area contributed by atoms with Crippen molar-refractivity contribution < 1.29 is 9.47 Å². The summed E-state index contributed by atoms with van der Waals surface area (Å²) in [5.74, 6) is 2.17. The molecular formula is C20H23N3O2S. The lowest BCUT2D eigenvalue weighted by Crippen LogP contribution is -2.33. The van der Waals surface area contributed by atoms with Gasteiger partial charge in [0.1, 0.15) is 16.0 Å². The first kappa shape index (κ1) is 17.1. The number of rotatable bonds is 4. The van der Waals surface area contributed by atoms with Crippen molar-refractivity contribution in [3.63, 3.8) is 0 Å². The Morgan fingerprint density at radius 3 is 2.73 bits per heavy atom. The molecule has 3 heterocycles. The summed E-state index contributed by atoms with van der Waals surface area (Å²) >= 11 is 1.56. The molecule has 0 saturated carbocycles. The van der Waals surface area contributed by atoms with Crippen LogP contribution < -0.4 is 14.4 Å². The summed E-state index contributed by atoms with van der Waals surface area (Å²) in [6.07, 6.45) is 4.48. The Bertz CT molecular complexity index is 925. The Kier molecular flexibility index (Phi) is 4.68. The van der Waals surface area contributed by atoms with E-state index in [1.807, 2.05) is 24.4 Å². The van der Waals surface area contributed by atoms with Crippen molar-refractivity contribution in [2.75, 3.05) is 32.2 Å². The first-order valence-corrected chi connectivity index (χ1v) is 9.69. The number of hydrogen-bond acceptors (Lipinski definition) is 6. The number of benzene rings is 1. The number of pyridine rings is 1. The van der Waals surface area contributed by atoms with E-state index in [0.717, 1.165) is 46.9 Å². The number of ether oxygens (including phenoxy) is 2.